The second-order valence-corrected chi connectivity index (χ2v) is 8.29. The van der Waals surface area contributed by atoms with Crippen LogP contribution in [0.3, 0.4) is 0 Å². The Bertz CT molecular complexity index is 698. The molecule has 0 aromatic heterocycles. The highest BCUT2D eigenvalue weighted by molar-refractivity contribution is 7.11. The van der Waals surface area contributed by atoms with Crippen LogP contribution < -0.4 is 4.52 Å². The molecule has 0 amide bonds. The van der Waals surface area contributed by atoms with E-state index >= 15 is 0 Å². The minimum Gasteiger partial charge on any atom is -0.479 e. The van der Waals surface area contributed by atoms with Gasteiger partial charge < -0.3 is 18.4 Å². The van der Waals surface area contributed by atoms with Crippen LogP contribution in [0.15, 0.2) is 18.2 Å². The predicted molar refractivity (Wildman–Crippen MR) is 101 cm³/mol. The summed E-state index contributed by atoms with van der Waals surface area (Å²) in [5.41, 5.74) is 1.62. The third kappa shape index (κ3) is 2.82. The molecule has 3 aliphatic carbocycles. The van der Waals surface area contributed by atoms with Crippen LogP contribution in [-0.2, 0) is 20.2 Å². The first-order chi connectivity index (χ1) is 12.0. The minimum absolute atomic E-state index is 0.186. The van der Waals surface area contributed by atoms with Crippen molar-refractivity contribution in [2.24, 2.45) is 17.3 Å². The Morgan fingerprint density at radius 2 is 2.12 bits per heavy atom. The molecule has 1 aromatic carbocycles. The van der Waals surface area contributed by atoms with Crippen LogP contribution in [0.2, 0.25) is 0 Å². The highest BCUT2D eigenvalue weighted by Crippen LogP contribution is 2.61. The van der Waals surface area contributed by atoms with Crippen LogP contribution in [0.4, 0.5) is 0 Å². The van der Waals surface area contributed by atoms with E-state index in [9.17, 15) is 4.79 Å². The molecule has 6 atom stereocenters. The van der Waals surface area contributed by atoms with Crippen LogP contribution >= 0.6 is 18.9 Å². The molecule has 1 aromatic rings. The van der Waals surface area contributed by atoms with E-state index in [0.717, 1.165) is 17.9 Å². The van der Waals surface area contributed by atoms with Gasteiger partial charge in [-0.2, -0.15) is 0 Å². The third-order valence-corrected chi connectivity index (χ3v) is 6.84. The van der Waals surface area contributed by atoms with Crippen LogP contribution in [-0.4, -0.2) is 25.3 Å². The summed E-state index contributed by atoms with van der Waals surface area (Å²) in [5, 5.41) is 0. The average molecular weight is 380 g/mol. The van der Waals surface area contributed by atoms with Gasteiger partial charge in [-0.3, -0.25) is 0 Å². The van der Waals surface area contributed by atoms with E-state index in [1.54, 1.807) is 6.07 Å². The lowest BCUT2D eigenvalue weighted by Gasteiger charge is -2.60. The molecule has 1 heterocycles. The average Bonchev–Trinajstić information content (AvgIpc) is 3.02. The van der Waals surface area contributed by atoms with Crippen molar-refractivity contribution in [3.8, 4) is 5.75 Å². The molecule has 2 bridgehead atoms. The predicted octanol–water partition coefficient (Wildman–Crippen LogP) is 3.22. The summed E-state index contributed by atoms with van der Waals surface area (Å²) >= 11 is 0. The van der Waals surface area contributed by atoms with Crippen molar-refractivity contribution in [1.29, 1.82) is 0 Å². The smallest absolute Gasteiger partial charge is 0.462 e. The highest BCUT2D eigenvalue weighted by Gasteiger charge is 2.61. The summed E-state index contributed by atoms with van der Waals surface area (Å²) in [4.78, 5) is 11.9. The fraction of sp³-hybridized carbons (Fsp3) is 0.588. The number of carbonyl (C=O) groups excluding carboxylic acids is 1. The first-order valence-corrected chi connectivity index (χ1v) is 9.60. The Kier molecular flexibility index (Phi) is 4.61. The molecule has 4 fully saturated rings. The zero-order valence-corrected chi connectivity index (χ0v) is 16.7. The monoisotopic (exact) mass is 380 g/mol. The number of hydrogen-bond acceptors (Lipinski definition) is 5. The lowest BCUT2D eigenvalue weighted by molar-refractivity contribution is -0.150. The summed E-state index contributed by atoms with van der Waals surface area (Å²) in [5.74, 6) is 1.37. The number of para-hydroxylation sites is 1. The summed E-state index contributed by atoms with van der Waals surface area (Å²) < 4.78 is 22.6. The van der Waals surface area contributed by atoms with Crippen molar-refractivity contribution in [3.05, 3.63) is 29.3 Å². The molecule has 3 saturated carbocycles. The van der Waals surface area contributed by atoms with Gasteiger partial charge in [-0.15, -0.1) is 0 Å². The number of benzene rings is 1. The van der Waals surface area contributed by atoms with Crippen molar-refractivity contribution in [3.63, 3.8) is 0 Å². The first-order valence-electron chi connectivity index (χ1n) is 8.66. The normalized spacial score (nSPS) is 31.9. The van der Waals surface area contributed by atoms with Crippen molar-refractivity contribution < 1.29 is 23.2 Å². The zero-order chi connectivity index (χ0) is 17.8. The van der Waals surface area contributed by atoms with Crippen molar-refractivity contribution in [2.45, 2.75) is 45.2 Å². The minimum atomic E-state index is -0.450. The molecule has 4 aliphatic rings. The number of hydrogen-bond donors (Lipinski definition) is 0. The molecular weight excluding hydrogens is 357 g/mol. The van der Waals surface area contributed by atoms with Crippen molar-refractivity contribution in [2.75, 3.05) is 0 Å². The molecule has 0 radical (unpaired) electrons. The van der Waals surface area contributed by atoms with E-state index in [4.69, 9.17) is 18.4 Å². The molecular formula is C17H23BO5P2. The lowest BCUT2D eigenvalue weighted by Crippen LogP contribution is -2.59. The molecule has 0 N–H and O–H groups in total. The molecule has 5 nitrogen and oxygen atoms in total. The van der Waals surface area contributed by atoms with E-state index in [-0.39, 0.29) is 19.3 Å². The SMILES string of the molecule is CC1(C)C2CC1C1OB(Cc3cccc(C(=O)OP)c3OP)O[C@@H]1C2. The Hall–Kier alpha value is -0.665. The number of carbonyl (C=O) groups is 1. The van der Waals surface area contributed by atoms with Gasteiger partial charge in [-0.1, -0.05) is 26.0 Å². The Labute approximate surface area is 153 Å². The van der Waals surface area contributed by atoms with Crippen LogP contribution in [0.25, 0.3) is 0 Å². The maximum Gasteiger partial charge on any atom is 0.462 e. The van der Waals surface area contributed by atoms with Crippen molar-refractivity contribution in [1.82, 2.24) is 0 Å². The van der Waals surface area contributed by atoms with Gasteiger partial charge in [-0.25, -0.2) is 4.79 Å². The number of rotatable bonds is 4. The quantitative estimate of drug-likeness (QED) is 0.593. The Balaban J connectivity index is 1.52. The Morgan fingerprint density at radius 3 is 2.80 bits per heavy atom. The van der Waals surface area contributed by atoms with E-state index in [1.165, 1.54) is 6.42 Å². The molecule has 0 spiro atoms. The molecule has 134 valence electrons. The molecule has 25 heavy (non-hydrogen) atoms. The van der Waals surface area contributed by atoms with Gasteiger partial charge in [0.1, 0.15) is 11.3 Å². The second-order valence-electron chi connectivity index (χ2n) is 7.82. The van der Waals surface area contributed by atoms with Crippen LogP contribution in [0.5, 0.6) is 5.75 Å². The van der Waals surface area contributed by atoms with Crippen molar-refractivity contribution >= 4 is 32.0 Å². The first kappa shape index (κ1) is 17.7. The molecule has 5 unspecified atom stereocenters. The summed E-state index contributed by atoms with van der Waals surface area (Å²) in [6.45, 7) is 4.69. The van der Waals surface area contributed by atoms with Gasteiger partial charge in [0.05, 0.1) is 31.1 Å². The topological polar surface area (TPSA) is 54.0 Å². The van der Waals surface area contributed by atoms with Gasteiger partial charge in [-0.05, 0) is 41.7 Å². The lowest BCUT2D eigenvalue weighted by atomic mass is 9.47. The van der Waals surface area contributed by atoms with E-state index in [0.29, 0.717) is 29.0 Å². The standard InChI is InChI=1S/C17H23BO5P2/c1-17(2)10-6-12(17)15-13(7-10)20-18(21-15)8-9-4-3-5-11(14(9)22-24)16(19)23-25/h3-5,10,12-13,15H,6-8,24-25H2,1-2H3/t10?,12?,13-,15?/m1/s1. The summed E-state index contributed by atoms with van der Waals surface area (Å²) in [7, 11) is 3.87. The van der Waals surface area contributed by atoms with E-state index in [2.05, 4.69) is 23.3 Å². The van der Waals surface area contributed by atoms with Crippen LogP contribution in [0.1, 0.15) is 42.6 Å². The fourth-order valence-electron chi connectivity index (χ4n) is 4.79. The van der Waals surface area contributed by atoms with Gasteiger partial charge in [0.2, 0.25) is 0 Å². The highest BCUT2D eigenvalue weighted by atomic mass is 31.0. The van der Waals surface area contributed by atoms with E-state index in [1.807, 2.05) is 21.6 Å². The van der Waals surface area contributed by atoms with Gasteiger partial charge in [0.15, 0.2) is 0 Å². The maximum atomic E-state index is 11.9. The molecule has 1 saturated heterocycles. The van der Waals surface area contributed by atoms with Gasteiger partial charge in [0.25, 0.3) is 0 Å². The summed E-state index contributed by atoms with van der Waals surface area (Å²) in [6, 6.07) is 5.43. The second kappa shape index (κ2) is 6.49. The van der Waals surface area contributed by atoms with Gasteiger partial charge >= 0.3 is 13.1 Å². The van der Waals surface area contributed by atoms with E-state index < -0.39 is 5.97 Å². The fourth-order valence-corrected chi connectivity index (χ4v) is 5.20. The zero-order valence-electron chi connectivity index (χ0n) is 14.4. The molecule has 1 aliphatic heterocycles. The third-order valence-electron chi connectivity index (χ3n) is 6.39. The largest absolute Gasteiger partial charge is 0.479 e. The maximum absolute atomic E-state index is 11.9. The summed E-state index contributed by atoms with van der Waals surface area (Å²) in [6.07, 6.45) is 3.26. The molecule has 5 rings (SSSR count). The van der Waals surface area contributed by atoms with Crippen LogP contribution in [0, 0.1) is 17.3 Å². The Morgan fingerprint density at radius 1 is 1.32 bits per heavy atom. The molecule has 8 heteroatoms. The van der Waals surface area contributed by atoms with Gasteiger partial charge in [0, 0.05) is 6.32 Å².